The van der Waals surface area contributed by atoms with Gasteiger partial charge >= 0.3 is 6.03 Å². The van der Waals surface area contributed by atoms with Crippen LogP contribution in [0.5, 0.6) is 5.75 Å². The zero-order valence-corrected chi connectivity index (χ0v) is 22.7. The van der Waals surface area contributed by atoms with Crippen molar-refractivity contribution in [3.8, 4) is 22.7 Å². The van der Waals surface area contributed by atoms with Gasteiger partial charge in [0.1, 0.15) is 23.1 Å². The van der Waals surface area contributed by atoms with Crippen molar-refractivity contribution in [1.29, 1.82) is 0 Å². The standard InChI is InChI=1S/C29H34FN7O2/c1-18(2)17-39-25-7-5-6-19(3)27(25)37-28(20-8-9-24(22(30)14-20)33-29(31)38)21-15-36(12-10-23(21)34-37)16-26-32-11-13-35(26)4/h5-9,11,13-14,18H,10,12,15-17H2,1-4H3,(H3,31,33,38). The fourth-order valence-electron chi connectivity index (χ4n) is 4.94. The van der Waals surface area contributed by atoms with Crippen molar-refractivity contribution in [2.45, 2.75) is 40.3 Å². The summed E-state index contributed by atoms with van der Waals surface area (Å²) in [5.74, 6) is 1.48. The molecule has 0 saturated heterocycles. The SMILES string of the molecule is Cc1cccc(OCC(C)C)c1-n1nc2c(c1-c1ccc(NC(N)=O)c(F)c1)CN(Cc1nccn1C)CC2. The minimum absolute atomic E-state index is 0.0273. The summed E-state index contributed by atoms with van der Waals surface area (Å²) in [5.41, 5.74) is 10.5. The number of halogens is 1. The Labute approximate surface area is 227 Å². The smallest absolute Gasteiger partial charge is 0.316 e. The van der Waals surface area contributed by atoms with Gasteiger partial charge in [0.05, 0.1) is 30.2 Å². The van der Waals surface area contributed by atoms with Crippen LogP contribution in [0.2, 0.25) is 0 Å². The van der Waals surface area contributed by atoms with Gasteiger partial charge in [-0.2, -0.15) is 5.10 Å². The van der Waals surface area contributed by atoms with Crippen molar-refractivity contribution in [2.24, 2.45) is 18.7 Å². The third kappa shape index (κ3) is 5.51. The van der Waals surface area contributed by atoms with E-state index in [0.29, 0.717) is 31.2 Å². The van der Waals surface area contributed by atoms with Gasteiger partial charge in [-0.25, -0.2) is 18.9 Å². The molecule has 2 aromatic heterocycles. The van der Waals surface area contributed by atoms with Crippen LogP contribution < -0.4 is 15.8 Å². The lowest BCUT2D eigenvalue weighted by atomic mass is 10.00. The number of hydrogen-bond acceptors (Lipinski definition) is 5. The summed E-state index contributed by atoms with van der Waals surface area (Å²) in [6.07, 6.45) is 4.49. The van der Waals surface area contributed by atoms with Crippen LogP contribution >= 0.6 is 0 Å². The number of aryl methyl sites for hydroxylation is 2. The molecule has 2 amide bonds. The maximum absolute atomic E-state index is 15.2. The molecular weight excluding hydrogens is 497 g/mol. The Hall–Kier alpha value is -4.18. The normalized spacial score (nSPS) is 13.5. The Morgan fingerprint density at radius 3 is 2.77 bits per heavy atom. The van der Waals surface area contributed by atoms with Crippen molar-refractivity contribution in [3.63, 3.8) is 0 Å². The van der Waals surface area contributed by atoms with Gasteiger partial charge in [-0.1, -0.05) is 32.0 Å². The maximum Gasteiger partial charge on any atom is 0.316 e. The monoisotopic (exact) mass is 531 g/mol. The lowest BCUT2D eigenvalue weighted by Gasteiger charge is -2.26. The summed E-state index contributed by atoms with van der Waals surface area (Å²) >= 11 is 0. The highest BCUT2D eigenvalue weighted by Crippen LogP contribution is 2.38. The van der Waals surface area contributed by atoms with Crippen LogP contribution in [0.4, 0.5) is 14.9 Å². The molecule has 0 bridgehead atoms. The second-order valence-corrected chi connectivity index (χ2v) is 10.4. The van der Waals surface area contributed by atoms with Crippen molar-refractivity contribution in [1.82, 2.24) is 24.2 Å². The molecule has 204 valence electrons. The number of para-hydroxylation sites is 1. The van der Waals surface area contributed by atoms with E-state index in [9.17, 15) is 4.79 Å². The van der Waals surface area contributed by atoms with Gasteiger partial charge < -0.3 is 20.4 Å². The van der Waals surface area contributed by atoms with Gasteiger partial charge in [-0.3, -0.25) is 4.90 Å². The molecular formula is C29H34FN7O2. The molecule has 10 heteroatoms. The molecule has 0 unspecified atom stereocenters. The highest BCUT2D eigenvalue weighted by Gasteiger charge is 2.29. The molecule has 0 fully saturated rings. The Morgan fingerprint density at radius 1 is 1.26 bits per heavy atom. The molecule has 0 atom stereocenters. The molecule has 4 aromatic rings. The van der Waals surface area contributed by atoms with Gasteiger partial charge in [0.25, 0.3) is 0 Å². The minimum Gasteiger partial charge on any atom is -0.491 e. The minimum atomic E-state index is -0.819. The molecule has 2 aromatic carbocycles. The molecule has 39 heavy (non-hydrogen) atoms. The second-order valence-electron chi connectivity index (χ2n) is 10.4. The van der Waals surface area contributed by atoms with Crippen molar-refractivity contribution < 1.29 is 13.9 Å². The van der Waals surface area contributed by atoms with Crippen LogP contribution in [0.1, 0.15) is 36.5 Å². The number of nitrogens with zero attached hydrogens (tertiary/aromatic N) is 5. The molecule has 1 aliphatic heterocycles. The molecule has 0 aliphatic carbocycles. The zero-order chi connectivity index (χ0) is 27.7. The van der Waals surface area contributed by atoms with Crippen LogP contribution in [0.3, 0.4) is 0 Å². The largest absolute Gasteiger partial charge is 0.491 e. The number of imidazole rings is 1. The number of carbonyl (C=O) groups excluding carboxylic acids is 1. The van der Waals surface area contributed by atoms with E-state index in [1.54, 1.807) is 12.3 Å². The number of rotatable bonds is 8. The third-order valence-electron chi connectivity index (χ3n) is 6.88. The molecule has 0 spiro atoms. The number of urea groups is 1. The summed E-state index contributed by atoms with van der Waals surface area (Å²) in [6.45, 7) is 8.95. The molecule has 5 rings (SSSR count). The van der Waals surface area contributed by atoms with E-state index in [1.165, 1.54) is 12.1 Å². The highest BCUT2D eigenvalue weighted by atomic mass is 19.1. The number of fused-ring (bicyclic) bond motifs is 1. The van der Waals surface area contributed by atoms with Crippen LogP contribution in [0.15, 0.2) is 48.8 Å². The van der Waals surface area contributed by atoms with E-state index in [-0.39, 0.29) is 5.69 Å². The fourth-order valence-corrected chi connectivity index (χ4v) is 4.94. The van der Waals surface area contributed by atoms with Gasteiger partial charge in [0.15, 0.2) is 0 Å². The Kier molecular flexibility index (Phi) is 7.38. The van der Waals surface area contributed by atoms with E-state index in [0.717, 1.165) is 52.7 Å². The van der Waals surface area contributed by atoms with E-state index < -0.39 is 11.8 Å². The number of amides is 2. The number of aromatic nitrogens is 4. The summed E-state index contributed by atoms with van der Waals surface area (Å²) in [4.78, 5) is 18.2. The molecule has 3 N–H and O–H groups in total. The number of primary amides is 1. The molecule has 1 aliphatic rings. The predicted molar refractivity (Wildman–Crippen MR) is 148 cm³/mol. The van der Waals surface area contributed by atoms with Gasteiger partial charge in [0.2, 0.25) is 0 Å². The fraction of sp³-hybridized carbons (Fsp3) is 0.345. The first kappa shape index (κ1) is 26.4. The van der Waals surface area contributed by atoms with Crippen LogP contribution in [0.25, 0.3) is 16.9 Å². The highest BCUT2D eigenvalue weighted by molar-refractivity contribution is 5.88. The summed E-state index contributed by atoms with van der Waals surface area (Å²) in [6, 6.07) is 9.86. The molecule has 0 radical (unpaired) electrons. The van der Waals surface area contributed by atoms with Crippen molar-refractivity contribution in [3.05, 3.63) is 77.3 Å². The zero-order valence-electron chi connectivity index (χ0n) is 22.7. The Morgan fingerprint density at radius 2 is 2.08 bits per heavy atom. The van der Waals surface area contributed by atoms with Crippen LogP contribution in [0, 0.1) is 18.7 Å². The third-order valence-corrected chi connectivity index (χ3v) is 6.88. The molecule has 3 heterocycles. The average Bonchev–Trinajstić information content (AvgIpc) is 3.46. The van der Waals surface area contributed by atoms with E-state index in [4.69, 9.17) is 15.6 Å². The Balaban J connectivity index is 1.63. The number of carbonyl (C=O) groups is 1. The quantitative estimate of drug-likeness (QED) is 0.340. The topological polar surface area (TPSA) is 103 Å². The summed E-state index contributed by atoms with van der Waals surface area (Å²) in [7, 11) is 1.99. The first-order valence-electron chi connectivity index (χ1n) is 13.1. The van der Waals surface area contributed by atoms with Crippen molar-refractivity contribution in [2.75, 3.05) is 18.5 Å². The van der Waals surface area contributed by atoms with E-state index >= 15 is 4.39 Å². The van der Waals surface area contributed by atoms with Crippen LogP contribution in [-0.4, -0.2) is 43.4 Å². The van der Waals surface area contributed by atoms with Gasteiger partial charge in [0, 0.05) is 50.1 Å². The number of hydrogen-bond donors (Lipinski definition) is 2. The number of nitrogens with one attached hydrogen (secondary N) is 1. The Bertz CT molecular complexity index is 1510. The first-order valence-corrected chi connectivity index (χ1v) is 13.1. The summed E-state index contributed by atoms with van der Waals surface area (Å²) in [5, 5.41) is 7.41. The first-order chi connectivity index (χ1) is 18.7. The maximum atomic E-state index is 15.2. The van der Waals surface area contributed by atoms with Gasteiger partial charge in [-0.05, 0) is 36.6 Å². The van der Waals surface area contributed by atoms with Crippen molar-refractivity contribution >= 4 is 11.7 Å². The molecule has 0 saturated carbocycles. The lowest BCUT2D eigenvalue weighted by Crippen LogP contribution is -2.31. The summed E-state index contributed by atoms with van der Waals surface area (Å²) < 4.78 is 25.3. The number of benzene rings is 2. The van der Waals surface area contributed by atoms with E-state index in [1.807, 2.05) is 47.6 Å². The molecule has 9 nitrogen and oxygen atoms in total. The average molecular weight is 532 g/mol. The predicted octanol–water partition coefficient (Wildman–Crippen LogP) is 4.80. The number of ether oxygens (including phenoxy) is 1. The van der Waals surface area contributed by atoms with Gasteiger partial charge in [-0.15, -0.1) is 0 Å². The second kappa shape index (κ2) is 10.9. The van der Waals surface area contributed by atoms with Crippen LogP contribution in [-0.2, 0) is 26.6 Å². The van der Waals surface area contributed by atoms with E-state index in [2.05, 4.69) is 29.0 Å². The number of nitrogens with two attached hydrogens (primary N) is 1. The number of anilines is 1. The lowest BCUT2D eigenvalue weighted by molar-refractivity contribution is 0.236.